The van der Waals surface area contributed by atoms with E-state index in [0.29, 0.717) is 0 Å². The topological polar surface area (TPSA) is 82.9 Å². The molecule has 0 amide bonds. The molecule has 0 rings (SSSR count). The molecule has 0 fully saturated rings. The number of carbonyl (C=O) groups excluding carboxylic acids is 2. The van der Waals surface area contributed by atoms with E-state index in [1.807, 2.05) is 0 Å². The van der Waals surface area contributed by atoms with E-state index >= 15 is 0 Å². The average Bonchev–Trinajstić information content (AvgIpc) is 2.09. The highest BCUT2D eigenvalue weighted by Gasteiger charge is 1.98. The first-order valence-corrected chi connectivity index (χ1v) is 3.86. The maximum absolute atomic E-state index is 10.9. The SMILES string of the molecule is CC(=O)CCC(=O)C=CCN=[N+]=[N-]. The van der Waals surface area contributed by atoms with Crippen molar-refractivity contribution in [3.63, 3.8) is 0 Å². The Morgan fingerprint density at radius 1 is 1.46 bits per heavy atom. The minimum Gasteiger partial charge on any atom is -0.300 e. The summed E-state index contributed by atoms with van der Waals surface area (Å²) < 4.78 is 0. The Morgan fingerprint density at radius 3 is 2.69 bits per heavy atom. The number of ketones is 2. The van der Waals surface area contributed by atoms with Gasteiger partial charge in [0.2, 0.25) is 0 Å². The number of azide groups is 1. The van der Waals surface area contributed by atoms with Crippen LogP contribution in [-0.2, 0) is 9.59 Å². The fourth-order valence-corrected chi connectivity index (χ4v) is 0.650. The maximum atomic E-state index is 10.9. The molecule has 0 aromatic carbocycles. The molecule has 0 unspecified atom stereocenters. The maximum Gasteiger partial charge on any atom is 0.155 e. The molecule has 70 valence electrons. The van der Waals surface area contributed by atoms with Crippen LogP contribution in [0.25, 0.3) is 10.4 Å². The number of Topliss-reactive ketones (excluding diaryl/α,β-unsaturated/α-hetero) is 1. The highest BCUT2D eigenvalue weighted by atomic mass is 16.1. The van der Waals surface area contributed by atoms with Gasteiger partial charge in [-0.1, -0.05) is 11.2 Å². The van der Waals surface area contributed by atoms with Gasteiger partial charge in [-0.3, -0.25) is 4.79 Å². The van der Waals surface area contributed by atoms with E-state index in [2.05, 4.69) is 10.0 Å². The summed E-state index contributed by atoms with van der Waals surface area (Å²) in [6.45, 7) is 1.61. The predicted octanol–water partition coefficient (Wildman–Crippen LogP) is 1.79. The zero-order chi connectivity index (χ0) is 10.1. The van der Waals surface area contributed by atoms with Crippen LogP contribution in [0.4, 0.5) is 0 Å². The molecule has 0 atom stereocenters. The van der Waals surface area contributed by atoms with Crippen molar-refractivity contribution < 1.29 is 9.59 Å². The summed E-state index contributed by atoms with van der Waals surface area (Å²) in [4.78, 5) is 23.9. The fourth-order valence-electron chi connectivity index (χ4n) is 0.650. The summed E-state index contributed by atoms with van der Waals surface area (Å²) in [5.41, 5.74) is 7.90. The second-order valence-corrected chi connectivity index (χ2v) is 2.48. The van der Waals surface area contributed by atoms with Gasteiger partial charge >= 0.3 is 0 Å². The van der Waals surface area contributed by atoms with Crippen LogP contribution in [-0.4, -0.2) is 18.1 Å². The highest BCUT2D eigenvalue weighted by molar-refractivity contribution is 5.92. The van der Waals surface area contributed by atoms with Crippen LogP contribution in [0.5, 0.6) is 0 Å². The molecule has 0 aliphatic carbocycles. The van der Waals surface area contributed by atoms with Gasteiger partial charge in [0.15, 0.2) is 5.78 Å². The van der Waals surface area contributed by atoms with Crippen molar-refractivity contribution in [2.24, 2.45) is 5.11 Å². The number of allylic oxidation sites excluding steroid dienone is 1. The molecule has 0 spiro atoms. The Bertz CT molecular complexity index is 265. The number of rotatable bonds is 6. The Hall–Kier alpha value is -1.61. The van der Waals surface area contributed by atoms with Gasteiger partial charge in [0.1, 0.15) is 5.78 Å². The number of carbonyl (C=O) groups is 2. The van der Waals surface area contributed by atoms with Crippen molar-refractivity contribution in [3.8, 4) is 0 Å². The van der Waals surface area contributed by atoms with E-state index in [1.165, 1.54) is 19.1 Å². The molecule has 0 bridgehead atoms. The van der Waals surface area contributed by atoms with E-state index in [9.17, 15) is 9.59 Å². The van der Waals surface area contributed by atoms with E-state index in [4.69, 9.17) is 5.53 Å². The van der Waals surface area contributed by atoms with E-state index in [0.717, 1.165) is 0 Å². The van der Waals surface area contributed by atoms with Crippen molar-refractivity contribution in [3.05, 3.63) is 22.6 Å². The van der Waals surface area contributed by atoms with E-state index in [-0.39, 0.29) is 31.0 Å². The summed E-state index contributed by atoms with van der Waals surface area (Å²) in [6, 6.07) is 0. The van der Waals surface area contributed by atoms with Gasteiger partial charge in [-0.05, 0) is 18.5 Å². The molecule has 0 radical (unpaired) electrons. The summed E-state index contributed by atoms with van der Waals surface area (Å²) in [6.07, 6.45) is 3.30. The molecule has 5 nitrogen and oxygen atoms in total. The molecular formula is C8H11N3O2. The van der Waals surface area contributed by atoms with Crippen molar-refractivity contribution >= 4 is 11.6 Å². The normalized spacial score (nSPS) is 9.62. The van der Waals surface area contributed by atoms with Crippen LogP contribution in [0.1, 0.15) is 19.8 Å². The summed E-state index contributed by atoms with van der Waals surface area (Å²) in [7, 11) is 0. The molecule has 0 aromatic heterocycles. The highest BCUT2D eigenvalue weighted by Crippen LogP contribution is 1.93. The number of nitrogens with zero attached hydrogens (tertiary/aromatic N) is 3. The molecule has 0 aromatic rings. The second-order valence-electron chi connectivity index (χ2n) is 2.48. The lowest BCUT2D eigenvalue weighted by atomic mass is 10.1. The number of hydrogen-bond acceptors (Lipinski definition) is 3. The van der Waals surface area contributed by atoms with E-state index in [1.54, 1.807) is 0 Å². The van der Waals surface area contributed by atoms with Crippen molar-refractivity contribution in [1.29, 1.82) is 0 Å². The van der Waals surface area contributed by atoms with Crippen molar-refractivity contribution in [2.75, 3.05) is 6.54 Å². The van der Waals surface area contributed by atoms with Crippen LogP contribution in [0, 0.1) is 0 Å². The first-order valence-electron chi connectivity index (χ1n) is 3.86. The molecule has 0 saturated heterocycles. The van der Waals surface area contributed by atoms with Gasteiger partial charge in [0, 0.05) is 24.3 Å². The molecule has 0 aliphatic rings. The Labute approximate surface area is 76.1 Å². The van der Waals surface area contributed by atoms with Crippen LogP contribution in [0.15, 0.2) is 17.3 Å². The van der Waals surface area contributed by atoms with E-state index < -0.39 is 0 Å². The van der Waals surface area contributed by atoms with Crippen molar-refractivity contribution in [2.45, 2.75) is 19.8 Å². The molecule has 13 heavy (non-hydrogen) atoms. The lowest BCUT2D eigenvalue weighted by Gasteiger charge is -1.90. The van der Waals surface area contributed by atoms with Gasteiger partial charge in [0.25, 0.3) is 0 Å². The molecular weight excluding hydrogens is 170 g/mol. The van der Waals surface area contributed by atoms with Gasteiger partial charge in [-0.2, -0.15) is 0 Å². The van der Waals surface area contributed by atoms with Gasteiger partial charge in [-0.15, -0.1) is 0 Å². The zero-order valence-corrected chi connectivity index (χ0v) is 7.43. The summed E-state index contributed by atoms with van der Waals surface area (Å²) in [5, 5.41) is 3.21. The third kappa shape index (κ3) is 8.29. The van der Waals surface area contributed by atoms with Crippen LogP contribution < -0.4 is 0 Å². The lowest BCUT2D eigenvalue weighted by Crippen LogP contribution is -1.97. The summed E-state index contributed by atoms with van der Waals surface area (Å²) >= 11 is 0. The minimum absolute atomic E-state index is 0.00297. The minimum atomic E-state index is -0.122. The molecule has 0 heterocycles. The van der Waals surface area contributed by atoms with Crippen LogP contribution in [0.3, 0.4) is 0 Å². The second kappa shape index (κ2) is 7.06. The Kier molecular flexibility index (Phi) is 6.19. The standard InChI is InChI=1S/C8H11N3O2/c1-7(12)4-5-8(13)3-2-6-10-11-9/h2-3H,4-6H2,1H3. The average molecular weight is 181 g/mol. The van der Waals surface area contributed by atoms with Gasteiger partial charge in [0.05, 0.1) is 0 Å². The monoisotopic (exact) mass is 181 g/mol. The molecule has 5 heteroatoms. The first-order chi connectivity index (χ1) is 6.16. The fraction of sp³-hybridized carbons (Fsp3) is 0.500. The van der Waals surface area contributed by atoms with Gasteiger partial charge in [-0.25, -0.2) is 0 Å². The predicted molar refractivity (Wildman–Crippen MR) is 48.1 cm³/mol. The third-order valence-corrected chi connectivity index (χ3v) is 1.28. The quantitative estimate of drug-likeness (QED) is 0.271. The lowest BCUT2D eigenvalue weighted by molar-refractivity contribution is -0.120. The smallest absolute Gasteiger partial charge is 0.155 e. The van der Waals surface area contributed by atoms with Crippen molar-refractivity contribution in [1.82, 2.24) is 0 Å². The Balaban J connectivity index is 3.67. The molecule has 0 N–H and O–H groups in total. The zero-order valence-electron chi connectivity index (χ0n) is 7.43. The Morgan fingerprint density at radius 2 is 2.15 bits per heavy atom. The largest absolute Gasteiger partial charge is 0.300 e. The van der Waals surface area contributed by atoms with Crippen LogP contribution >= 0.6 is 0 Å². The molecule has 0 saturated carbocycles. The summed E-state index contributed by atoms with van der Waals surface area (Å²) in [5.74, 6) is -0.125. The van der Waals surface area contributed by atoms with Gasteiger partial charge < -0.3 is 4.79 Å². The van der Waals surface area contributed by atoms with Crippen LogP contribution in [0.2, 0.25) is 0 Å². The third-order valence-electron chi connectivity index (χ3n) is 1.28. The number of hydrogen-bond donors (Lipinski definition) is 0. The first kappa shape index (κ1) is 11.4. The molecule has 0 aliphatic heterocycles.